The number of hydrogen-bond donors (Lipinski definition) is 6. The molecule has 4 rings (SSSR count). The van der Waals surface area contributed by atoms with E-state index in [-0.39, 0.29) is 34.9 Å². The summed E-state index contributed by atoms with van der Waals surface area (Å²) in [4.78, 5) is 66.2. The molecule has 0 saturated carbocycles. The Morgan fingerprint density at radius 1 is 1.15 bits per heavy atom. The van der Waals surface area contributed by atoms with Gasteiger partial charge in [0.15, 0.2) is 0 Å². The SMILES string of the molecule is CC(=O)OCC1=C(C(=O)O)N2C(=O)C(NC(=O)C(NC(=O)c3nnc(O)nc3O)c3ccc(O)cc3)[C@H]2SC1. The number of carbonyl (C=O) groups is 5. The molecule has 16 nitrogen and oxygen atoms in total. The van der Waals surface area contributed by atoms with Crippen LogP contribution in [0.5, 0.6) is 17.6 Å². The zero-order valence-corrected chi connectivity index (χ0v) is 20.7. The highest BCUT2D eigenvalue weighted by Crippen LogP contribution is 2.40. The minimum atomic E-state index is -1.47. The molecule has 1 fully saturated rings. The zero-order chi connectivity index (χ0) is 28.4. The van der Waals surface area contributed by atoms with Gasteiger partial charge in [0.1, 0.15) is 35.5 Å². The van der Waals surface area contributed by atoms with Gasteiger partial charge in [0, 0.05) is 18.2 Å². The number of hydrogen-bond acceptors (Lipinski definition) is 13. The van der Waals surface area contributed by atoms with Crippen molar-refractivity contribution in [1.82, 2.24) is 30.7 Å². The van der Waals surface area contributed by atoms with Crippen LogP contribution in [0.3, 0.4) is 0 Å². The van der Waals surface area contributed by atoms with Gasteiger partial charge in [0.05, 0.1) is 0 Å². The van der Waals surface area contributed by atoms with Crippen LogP contribution in [-0.2, 0) is 23.9 Å². The van der Waals surface area contributed by atoms with E-state index in [9.17, 15) is 44.4 Å². The fourth-order valence-corrected chi connectivity index (χ4v) is 5.17. The minimum absolute atomic E-state index is 0.111. The number of rotatable bonds is 8. The molecule has 2 unspecified atom stereocenters. The number of thioether (sulfide) groups is 1. The first kappa shape index (κ1) is 27.1. The van der Waals surface area contributed by atoms with Crippen molar-refractivity contribution in [2.24, 2.45) is 0 Å². The normalized spacial score (nSPS) is 18.9. The number of ether oxygens (including phenoxy) is 1. The molecule has 0 bridgehead atoms. The summed E-state index contributed by atoms with van der Waals surface area (Å²) in [5.74, 6) is -5.71. The van der Waals surface area contributed by atoms with E-state index in [2.05, 4.69) is 25.8 Å². The lowest BCUT2D eigenvalue weighted by Crippen LogP contribution is -2.71. The highest BCUT2D eigenvalue weighted by atomic mass is 32.2. The minimum Gasteiger partial charge on any atom is -0.508 e. The molecule has 0 radical (unpaired) electrons. The number of fused-ring (bicyclic) bond motifs is 1. The van der Waals surface area contributed by atoms with Crippen molar-refractivity contribution in [3.8, 4) is 17.6 Å². The number of phenols is 1. The summed E-state index contributed by atoms with van der Waals surface area (Å²) in [7, 11) is 0. The molecule has 1 saturated heterocycles. The number of nitrogens with one attached hydrogen (secondary N) is 2. The topological polar surface area (TPSA) is 241 Å². The molecule has 3 amide bonds. The van der Waals surface area contributed by atoms with E-state index in [4.69, 9.17) is 4.74 Å². The van der Waals surface area contributed by atoms with Crippen LogP contribution in [0.4, 0.5) is 0 Å². The quantitative estimate of drug-likeness (QED) is 0.163. The van der Waals surface area contributed by atoms with Gasteiger partial charge >= 0.3 is 17.9 Å². The predicted molar refractivity (Wildman–Crippen MR) is 128 cm³/mol. The van der Waals surface area contributed by atoms with Gasteiger partial charge < -0.3 is 35.8 Å². The number of carboxylic acid groups (broad SMARTS) is 1. The molecule has 17 heteroatoms. The number of aromatic hydroxyl groups is 3. The lowest BCUT2D eigenvalue weighted by molar-refractivity contribution is -0.151. The number of phenolic OH excluding ortho intramolecular Hbond substituents is 1. The van der Waals surface area contributed by atoms with Crippen molar-refractivity contribution in [2.75, 3.05) is 12.4 Å². The molecule has 204 valence electrons. The van der Waals surface area contributed by atoms with Crippen LogP contribution in [0.15, 0.2) is 35.5 Å². The first-order chi connectivity index (χ1) is 18.5. The fourth-order valence-electron chi connectivity index (χ4n) is 3.84. The molecule has 2 aliphatic heterocycles. The summed E-state index contributed by atoms with van der Waals surface area (Å²) in [6.45, 7) is 0.851. The van der Waals surface area contributed by atoms with Crippen LogP contribution < -0.4 is 10.6 Å². The third-order valence-corrected chi connectivity index (χ3v) is 6.97. The molecule has 1 aromatic heterocycles. The number of esters is 1. The monoisotopic (exact) mass is 560 g/mol. The van der Waals surface area contributed by atoms with Crippen molar-refractivity contribution < 1.29 is 49.1 Å². The van der Waals surface area contributed by atoms with Gasteiger partial charge in [-0.1, -0.05) is 17.2 Å². The standard InChI is InChI=1S/C22H20N6O10S/c1-8(29)38-6-10-7-39-20-14(19(34)28(20)15(10)21(35)36)24-16(31)12(9-2-4-11(30)5-3-9)23-17(32)13-18(33)25-22(37)27-26-13/h2-5,12,14,20,30H,6-7H2,1H3,(H,23,32)(H,24,31)(H,35,36)(H2,25,27,33,37)/t12?,14?,20-/m1/s1. The van der Waals surface area contributed by atoms with Crippen LogP contribution in [0, 0.1) is 0 Å². The van der Waals surface area contributed by atoms with Crippen LogP contribution in [0.1, 0.15) is 29.0 Å². The highest BCUT2D eigenvalue weighted by molar-refractivity contribution is 8.00. The largest absolute Gasteiger partial charge is 0.508 e. The van der Waals surface area contributed by atoms with Crippen LogP contribution in [0.25, 0.3) is 0 Å². The number of benzene rings is 1. The van der Waals surface area contributed by atoms with Gasteiger partial charge in [-0.25, -0.2) is 4.79 Å². The molecule has 2 aliphatic rings. The Morgan fingerprint density at radius 2 is 1.85 bits per heavy atom. The lowest BCUT2D eigenvalue weighted by atomic mass is 10.0. The number of carbonyl (C=O) groups excluding carboxylic acids is 4. The summed E-state index contributed by atoms with van der Waals surface area (Å²) in [6, 6.07) is 1.64. The molecule has 3 heterocycles. The molecule has 6 N–H and O–H groups in total. The summed E-state index contributed by atoms with van der Waals surface area (Å²) in [5.41, 5.74) is -0.648. The maximum atomic E-state index is 13.3. The van der Waals surface area contributed by atoms with Crippen molar-refractivity contribution in [1.29, 1.82) is 0 Å². The maximum Gasteiger partial charge on any atom is 0.352 e. The highest BCUT2D eigenvalue weighted by Gasteiger charge is 2.54. The third-order valence-electron chi connectivity index (χ3n) is 5.63. The van der Waals surface area contributed by atoms with Gasteiger partial charge in [-0.2, -0.15) is 4.98 Å². The zero-order valence-electron chi connectivity index (χ0n) is 19.9. The Labute approximate surface area is 222 Å². The number of aromatic nitrogens is 3. The molecule has 1 aromatic carbocycles. The Kier molecular flexibility index (Phi) is 7.52. The first-order valence-corrected chi connectivity index (χ1v) is 12.1. The van der Waals surface area contributed by atoms with Crippen molar-refractivity contribution >= 4 is 41.4 Å². The molecule has 3 atom stereocenters. The number of aliphatic carboxylic acids is 1. The number of nitrogens with zero attached hydrogens (tertiary/aromatic N) is 4. The van der Waals surface area contributed by atoms with Crippen LogP contribution >= 0.6 is 11.8 Å². The second-order valence-electron chi connectivity index (χ2n) is 8.22. The average molecular weight is 561 g/mol. The van der Waals surface area contributed by atoms with Crippen molar-refractivity contribution in [3.63, 3.8) is 0 Å². The van der Waals surface area contributed by atoms with Crippen molar-refractivity contribution in [2.45, 2.75) is 24.4 Å². The Balaban J connectivity index is 1.55. The summed E-state index contributed by atoms with van der Waals surface area (Å²) >= 11 is 1.15. The van der Waals surface area contributed by atoms with Gasteiger partial charge in [-0.15, -0.1) is 16.9 Å². The average Bonchev–Trinajstić information content (AvgIpc) is 2.88. The second-order valence-corrected chi connectivity index (χ2v) is 9.32. The number of carboxylic acids is 1. The smallest absolute Gasteiger partial charge is 0.352 e. The van der Waals surface area contributed by atoms with E-state index in [0.29, 0.717) is 0 Å². The molecule has 0 aliphatic carbocycles. The Hall–Kier alpha value is -4.93. The fraction of sp³-hybridized carbons (Fsp3) is 0.273. The van der Waals surface area contributed by atoms with Gasteiger partial charge in [-0.3, -0.25) is 24.1 Å². The van der Waals surface area contributed by atoms with E-state index in [1.165, 1.54) is 24.3 Å². The third kappa shape index (κ3) is 5.52. The van der Waals surface area contributed by atoms with E-state index >= 15 is 0 Å². The van der Waals surface area contributed by atoms with Gasteiger partial charge in [-0.05, 0) is 17.7 Å². The molecule has 39 heavy (non-hydrogen) atoms. The molecule has 0 spiro atoms. The number of β-lactam (4-membered cyclic amide) rings is 1. The van der Waals surface area contributed by atoms with E-state index in [1.807, 2.05) is 0 Å². The van der Waals surface area contributed by atoms with E-state index < -0.39 is 64.7 Å². The Bertz CT molecular complexity index is 1400. The lowest BCUT2D eigenvalue weighted by Gasteiger charge is -2.49. The van der Waals surface area contributed by atoms with Gasteiger partial charge in [0.2, 0.25) is 17.5 Å². The van der Waals surface area contributed by atoms with Crippen LogP contribution in [-0.4, -0.2) is 93.9 Å². The molecular weight excluding hydrogens is 540 g/mol. The van der Waals surface area contributed by atoms with Crippen LogP contribution in [0.2, 0.25) is 0 Å². The second kappa shape index (κ2) is 10.8. The number of amides is 3. The summed E-state index contributed by atoms with van der Waals surface area (Å²) < 4.78 is 4.89. The maximum absolute atomic E-state index is 13.3. The van der Waals surface area contributed by atoms with Crippen molar-refractivity contribution in [3.05, 3.63) is 46.8 Å². The molecular formula is C22H20N6O10S. The van der Waals surface area contributed by atoms with E-state index in [0.717, 1.165) is 23.6 Å². The predicted octanol–water partition coefficient (Wildman–Crippen LogP) is -1.24. The molecule has 2 aromatic rings. The summed E-state index contributed by atoms with van der Waals surface area (Å²) in [6.07, 6.45) is 0. The summed E-state index contributed by atoms with van der Waals surface area (Å²) in [5, 5.41) is 48.9. The first-order valence-electron chi connectivity index (χ1n) is 11.0. The Morgan fingerprint density at radius 3 is 2.46 bits per heavy atom. The van der Waals surface area contributed by atoms with Gasteiger partial charge in [0.25, 0.3) is 11.8 Å². The van der Waals surface area contributed by atoms with E-state index in [1.54, 1.807) is 0 Å².